The monoisotopic (exact) mass is 281 g/mol. The number of rotatable bonds is 6. The number of nitro groups is 1. The first-order valence-electron chi connectivity index (χ1n) is 6.56. The minimum absolute atomic E-state index is 0.134. The zero-order chi connectivity index (χ0) is 13.7. The van der Waals surface area contributed by atoms with Crippen LogP contribution in [0.25, 0.3) is 0 Å². The zero-order valence-corrected chi connectivity index (χ0v) is 11.8. The lowest BCUT2D eigenvalue weighted by atomic mass is 10.2. The minimum atomic E-state index is -0.342. The minimum Gasteiger partial charge on any atom is -0.385 e. The molecule has 0 radical (unpaired) electrons. The molecule has 0 amide bonds. The smallest absolute Gasteiger partial charge is 0.273 e. The number of thioether (sulfide) groups is 1. The van der Waals surface area contributed by atoms with Gasteiger partial charge in [0.2, 0.25) is 0 Å². The molecule has 6 heteroatoms. The third-order valence-corrected chi connectivity index (χ3v) is 4.17. The molecule has 1 saturated heterocycles. The Kier molecular flexibility index (Phi) is 4.90. The molecule has 0 saturated carbocycles. The normalized spacial score (nSPS) is 18.3. The summed E-state index contributed by atoms with van der Waals surface area (Å²) in [5.74, 6) is 2.23. The van der Waals surface area contributed by atoms with Crippen molar-refractivity contribution in [1.29, 1.82) is 0 Å². The molecule has 1 atom stereocenters. The molecule has 1 aliphatic heterocycles. The number of anilines is 2. The van der Waals surface area contributed by atoms with E-state index in [0.717, 1.165) is 42.3 Å². The molecule has 2 rings (SSSR count). The molecular weight excluding hydrogens is 262 g/mol. The summed E-state index contributed by atoms with van der Waals surface area (Å²) in [6.07, 6.45) is 2.11. The molecule has 19 heavy (non-hydrogen) atoms. The Labute approximate surface area is 117 Å². The van der Waals surface area contributed by atoms with Gasteiger partial charge in [-0.05, 0) is 24.7 Å². The number of hydrogen-bond acceptors (Lipinski definition) is 5. The van der Waals surface area contributed by atoms with Gasteiger partial charge in [-0.2, -0.15) is 11.8 Å². The topological polar surface area (TPSA) is 67.2 Å². The maximum Gasteiger partial charge on any atom is 0.273 e. The number of nitro benzene ring substituents is 1. The van der Waals surface area contributed by atoms with E-state index in [1.165, 1.54) is 0 Å². The van der Waals surface area contributed by atoms with Crippen LogP contribution in [0, 0.1) is 10.1 Å². The molecule has 1 unspecified atom stereocenters. The number of hydrogen-bond donors (Lipinski definition) is 2. The lowest BCUT2D eigenvalue weighted by molar-refractivity contribution is -0.384. The van der Waals surface area contributed by atoms with Gasteiger partial charge in [0.15, 0.2) is 0 Å². The predicted molar refractivity (Wildman–Crippen MR) is 81.2 cm³/mol. The van der Waals surface area contributed by atoms with Crippen molar-refractivity contribution in [1.82, 2.24) is 0 Å². The molecular formula is C13H19N3O2S. The van der Waals surface area contributed by atoms with Crippen LogP contribution in [0.15, 0.2) is 18.2 Å². The van der Waals surface area contributed by atoms with Crippen molar-refractivity contribution in [3.8, 4) is 0 Å². The van der Waals surface area contributed by atoms with Gasteiger partial charge >= 0.3 is 0 Å². The summed E-state index contributed by atoms with van der Waals surface area (Å²) in [6, 6.07) is 5.57. The van der Waals surface area contributed by atoms with Crippen LogP contribution >= 0.6 is 11.8 Å². The van der Waals surface area contributed by atoms with E-state index >= 15 is 0 Å². The van der Waals surface area contributed by atoms with Crippen molar-refractivity contribution in [3.63, 3.8) is 0 Å². The van der Waals surface area contributed by atoms with Gasteiger partial charge < -0.3 is 10.6 Å². The highest BCUT2D eigenvalue weighted by Gasteiger charge is 2.17. The molecule has 1 heterocycles. The van der Waals surface area contributed by atoms with Crippen molar-refractivity contribution in [2.24, 2.45) is 0 Å². The second-order valence-corrected chi connectivity index (χ2v) is 5.81. The van der Waals surface area contributed by atoms with Crippen molar-refractivity contribution >= 4 is 28.8 Å². The first-order chi connectivity index (χ1) is 9.19. The molecule has 5 nitrogen and oxygen atoms in total. The van der Waals surface area contributed by atoms with E-state index in [1.807, 2.05) is 17.8 Å². The highest BCUT2D eigenvalue weighted by molar-refractivity contribution is 7.99. The molecule has 0 aliphatic carbocycles. The first kappa shape index (κ1) is 14.0. The van der Waals surface area contributed by atoms with E-state index in [2.05, 4.69) is 17.6 Å². The summed E-state index contributed by atoms with van der Waals surface area (Å²) < 4.78 is 0. The maximum absolute atomic E-state index is 11.0. The molecule has 1 fully saturated rings. The third-order valence-electron chi connectivity index (χ3n) is 3.01. The summed E-state index contributed by atoms with van der Waals surface area (Å²) >= 11 is 1.92. The SMILES string of the molecule is CCCNc1cc(NC2CCSC2)cc([N+](=O)[O-])c1. The number of non-ortho nitro benzene ring substituents is 1. The van der Waals surface area contributed by atoms with Gasteiger partial charge in [-0.15, -0.1) is 0 Å². The van der Waals surface area contributed by atoms with Crippen LogP contribution in [0.4, 0.5) is 17.1 Å². The van der Waals surface area contributed by atoms with E-state index in [1.54, 1.807) is 12.1 Å². The molecule has 0 aromatic heterocycles. The van der Waals surface area contributed by atoms with Crippen molar-refractivity contribution < 1.29 is 4.92 Å². The Hall–Kier alpha value is -1.43. The summed E-state index contributed by atoms with van der Waals surface area (Å²) in [6.45, 7) is 2.89. The van der Waals surface area contributed by atoms with Gasteiger partial charge in [0, 0.05) is 41.8 Å². The molecule has 1 aromatic rings. The molecule has 0 bridgehead atoms. The molecule has 1 aliphatic rings. The van der Waals surface area contributed by atoms with Gasteiger partial charge in [-0.3, -0.25) is 10.1 Å². The van der Waals surface area contributed by atoms with Crippen LogP contribution in [0.5, 0.6) is 0 Å². The van der Waals surface area contributed by atoms with Crippen molar-refractivity contribution in [2.45, 2.75) is 25.8 Å². The number of nitrogens with zero attached hydrogens (tertiary/aromatic N) is 1. The van der Waals surface area contributed by atoms with Crippen LogP contribution in [0.2, 0.25) is 0 Å². The Morgan fingerprint density at radius 1 is 1.42 bits per heavy atom. The van der Waals surface area contributed by atoms with Crippen molar-refractivity contribution in [3.05, 3.63) is 28.3 Å². The van der Waals surface area contributed by atoms with E-state index in [-0.39, 0.29) is 10.6 Å². The van der Waals surface area contributed by atoms with Gasteiger partial charge in [0.1, 0.15) is 0 Å². The molecule has 0 spiro atoms. The van der Waals surface area contributed by atoms with E-state index in [9.17, 15) is 10.1 Å². The van der Waals surface area contributed by atoms with Gasteiger partial charge in [0.25, 0.3) is 5.69 Å². The fraction of sp³-hybridized carbons (Fsp3) is 0.538. The Balaban J connectivity index is 2.15. The Morgan fingerprint density at radius 3 is 2.84 bits per heavy atom. The standard InChI is InChI=1S/C13H19N3O2S/c1-2-4-14-11-6-12(8-13(7-11)16(17)18)15-10-3-5-19-9-10/h6-8,10,14-15H,2-5,9H2,1H3. The van der Waals surface area contributed by atoms with Crippen LogP contribution in [-0.2, 0) is 0 Å². The van der Waals surface area contributed by atoms with Crippen molar-refractivity contribution in [2.75, 3.05) is 28.7 Å². The fourth-order valence-corrected chi connectivity index (χ4v) is 3.21. The predicted octanol–water partition coefficient (Wildman–Crippen LogP) is 3.33. The highest BCUT2D eigenvalue weighted by atomic mass is 32.2. The molecule has 2 N–H and O–H groups in total. The third kappa shape index (κ3) is 4.02. The number of nitrogens with one attached hydrogen (secondary N) is 2. The van der Waals surface area contributed by atoms with E-state index in [0.29, 0.717) is 6.04 Å². The van der Waals surface area contributed by atoms with Crippen LogP contribution < -0.4 is 10.6 Å². The van der Waals surface area contributed by atoms with E-state index in [4.69, 9.17) is 0 Å². The summed E-state index contributed by atoms with van der Waals surface area (Å²) in [4.78, 5) is 10.6. The van der Waals surface area contributed by atoms with E-state index < -0.39 is 0 Å². The quantitative estimate of drug-likeness (QED) is 0.618. The van der Waals surface area contributed by atoms with Gasteiger partial charge in [-0.1, -0.05) is 6.92 Å². The fourth-order valence-electron chi connectivity index (χ4n) is 2.06. The second kappa shape index (κ2) is 6.65. The number of benzene rings is 1. The highest BCUT2D eigenvalue weighted by Crippen LogP contribution is 2.27. The lowest BCUT2D eigenvalue weighted by Gasteiger charge is -2.14. The lowest BCUT2D eigenvalue weighted by Crippen LogP contribution is -2.18. The second-order valence-electron chi connectivity index (χ2n) is 4.66. The van der Waals surface area contributed by atoms with Gasteiger partial charge in [-0.25, -0.2) is 0 Å². The molecule has 104 valence electrons. The maximum atomic E-state index is 11.0. The van der Waals surface area contributed by atoms with Crippen LogP contribution in [0.1, 0.15) is 19.8 Å². The summed E-state index contributed by atoms with van der Waals surface area (Å²) in [5.41, 5.74) is 1.78. The Morgan fingerprint density at radius 2 is 2.21 bits per heavy atom. The summed E-state index contributed by atoms with van der Waals surface area (Å²) in [5, 5.41) is 17.6. The summed E-state index contributed by atoms with van der Waals surface area (Å²) in [7, 11) is 0. The average molecular weight is 281 g/mol. The van der Waals surface area contributed by atoms with Crippen LogP contribution in [0.3, 0.4) is 0 Å². The van der Waals surface area contributed by atoms with Gasteiger partial charge in [0.05, 0.1) is 4.92 Å². The largest absolute Gasteiger partial charge is 0.385 e. The van der Waals surface area contributed by atoms with Crippen LogP contribution in [-0.4, -0.2) is 29.0 Å². The molecule has 1 aromatic carbocycles. The Bertz CT molecular complexity index is 448. The average Bonchev–Trinajstić information content (AvgIpc) is 2.89. The zero-order valence-electron chi connectivity index (χ0n) is 11.0. The first-order valence-corrected chi connectivity index (χ1v) is 7.72.